The van der Waals surface area contributed by atoms with E-state index in [2.05, 4.69) is 25.1 Å². The number of hydrogen-bond acceptors (Lipinski definition) is 7. The second-order valence-corrected chi connectivity index (χ2v) is 19.2. The Kier molecular flexibility index (Phi) is 13.7. The van der Waals surface area contributed by atoms with Crippen LogP contribution in [-0.2, 0) is 9.84 Å². The van der Waals surface area contributed by atoms with Gasteiger partial charge in [0.25, 0.3) is 11.8 Å². The van der Waals surface area contributed by atoms with Crippen LogP contribution in [0, 0.1) is 34.0 Å². The Morgan fingerprint density at radius 1 is 0.446 bits per heavy atom. The maximum Gasteiger partial charge on any atom is 0.261 e. The van der Waals surface area contributed by atoms with E-state index in [1.165, 1.54) is 75.5 Å². The molecule has 6 aromatic carbocycles. The summed E-state index contributed by atoms with van der Waals surface area (Å²) < 4.78 is 30.6. The minimum absolute atomic E-state index is 0.0113. The molecule has 326 valence electrons. The van der Waals surface area contributed by atoms with Crippen molar-refractivity contribution < 1.29 is 18.0 Å². The molecule has 0 radical (unpaired) electrons. The quantitative estimate of drug-likeness (QED) is 0.0581. The number of sulfone groups is 1. The summed E-state index contributed by atoms with van der Waals surface area (Å²) in [6, 6.07) is 35.7. The van der Waals surface area contributed by atoms with Crippen molar-refractivity contribution in [3.05, 3.63) is 131 Å². The summed E-state index contributed by atoms with van der Waals surface area (Å²) >= 11 is 0. The first-order valence-corrected chi connectivity index (χ1v) is 24.6. The lowest BCUT2D eigenvalue weighted by atomic mass is 9.81. The Morgan fingerprint density at radius 2 is 0.862 bits per heavy atom. The van der Waals surface area contributed by atoms with E-state index in [1.54, 1.807) is 84.9 Å². The van der Waals surface area contributed by atoms with Crippen molar-refractivity contribution in [2.45, 2.75) is 113 Å². The van der Waals surface area contributed by atoms with Gasteiger partial charge in [0.2, 0.25) is 9.84 Å². The number of carbonyl (C=O) groups excluding carboxylic acids is 2. The third-order valence-corrected chi connectivity index (χ3v) is 15.0. The molecule has 65 heavy (non-hydrogen) atoms. The average molecular weight is 877 g/mol. The van der Waals surface area contributed by atoms with Crippen molar-refractivity contribution in [2.75, 3.05) is 6.54 Å². The summed E-state index contributed by atoms with van der Waals surface area (Å²) in [5, 5.41) is 29.4. The summed E-state index contributed by atoms with van der Waals surface area (Å²) in [6.07, 6.45) is 17.9. The van der Waals surface area contributed by atoms with E-state index in [0.717, 1.165) is 24.8 Å². The number of amides is 2. The molecule has 0 saturated heterocycles. The maximum absolute atomic E-state index is 15.3. The van der Waals surface area contributed by atoms with Gasteiger partial charge in [0.1, 0.15) is 0 Å². The molecule has 6 aromatic rings. The van der Waals surface area contributed by atoms with Crippen LogP contribution in [0.5, 0.6) is 0 Å². The molecule has 0 N–H and O–H groups in total. The second-order valence-electron chi connectivity index (χ2n) is 17.4. The van der Waals surface area contributed by atoms with Crippen molar-refractivity contribution in [3.8, 4) is 62.7 Å². The molecule has 0 aromatic heterocycles. The molecule has 0 unspecified atom stereocenters. The predicted molar refractivity (Wildman–Crippen MR) is 256 cm³/mol. The summed E-state index contributed by atoms with van der Waals surface area (Å²) in [6.45, 7) is 2.48. The number of nitrogens with zero attached hydrogens (tertiary/aromatic N) is 4. The zero-order chi connectivity index (χ0) is 45.5. The lowest BCUT2D eigenvalue weighted by molar-refractivity contribution is 0.0607. The molecule has 2 amide bonds. The van der Waals surface area contributed by atoms with E-state index in [0.29, 0.717) is 67.4 Å². The van der Waals surface area contributed by atoms with Crippen molar-refractivity contribution >= 4 is 32.4 Å². The predicted octanol–water partition coefficient (Wildman–Crippen LogP) is 13.7. The molecule has 0 spiro atoms. The van der Waals surface area contributed by atoms with E-state index in [-0.39, 0.29) is 32.8 Å². The fourth-order valence-electron chi connectivity index (χ4n) is 9.61. The fourth-order valence-corrected chi connectivity index (χ4v) is 11.5. The van der Waals surface area contributed by atoms with Crippen molar-refractivity contribution in [3.63, 3.8) is 0 Å². The van der Waals surface area contributed by atoms with Gasteiger partial charge in [-0.05, 0) is 94.9 Å². The summed E-state index contributed by atoms with van der Waals surface area (Å²) in [4.78, 5) is 31.0. The molecule has 8 rings (SSSR count). The number of unbranched alkanes of at least 4 members (excludes halogenated alkanes) is 14. The molecule has 2 heterocycles. The number of rotatable bonds is 19. The Morgan fingerprint density at radius 3 is 1.34 bits per heavy atom. The third-order valence-electron chi connectivity index (χ3n) is 13.1. The molecule has 0 fully saturated rings. The number of imide groups is 1. The minimum Gasteiger partial charge on any atom is -0.274 e. The molecule has 9 heteroatoms. The van der Waals surface area contributed by atoms with Crippen LogP contribution >= 0.6 is 0 Å². The number of benzene rings is 6. The molecule has 2 aliphatic heterocycles. The van der Waals surface area contributed by atoms with Gasteiger partial charge >= 0.3 is 0 Å². The molecule has 2 aliphatic rings. The lowest BCUT2D eigenvalue weighted by Gasteiger charge is -2.33. The first-order valence-electron chi connectivity index (χ1n) is 23.1. The van der Waals surface area contributed by atoms with Crippen molar-refractivity contribution in [1.82, 2.24) is 4.90 Å². The van der Waals surface area contributed by atoms with Crippen molar-refractivity contribution in [2.24, 2.45) is 0 Å². The van der Waals surface area contributed by atoms with E-state index < -0.39 is 21.7 Å². The zero-order valence-corrected chi connectivity index (χ0v) is 37.8. The Labute approximate surface area is 382 Å². The van der Waals surface area contributed by atoms with E-state index in [1.807, 2.05) is 18.2 Å². The summed E-state index contributed by atoms with van der Waals surface area (Å²) in [5.41, 5.74) is 6.34. The first-order chi connectivity index (χ1) is 31.7. The normalized spacial score (nSPS) is 13.3. The van der Waals surface area contributed by atoms with Crippen LogP contribution in [0.4, 0.5) is 0 Å². The van der Waals surface area contributed by atoms with Gasteiger partial charge in [-0.3, -0.25) is 14.5 Å². The molecule has 0 saturated carbocycles. The van der Waals surface area contributed by atoms with Gasteiger partial charge < -0.3 is 0 Å². The summed E-state index contributed by atoms with van der Waals surface area (Å²) in [7, 11) is -4.31. The Hall–Kier alpha value is -6.86. The van der Waals surface area contributed by atoms with Gasteiger partial charge in [0.15, 0.2) is 0 Å². The summed E-state index contributed by atoms with van der Waals surface area (Å²) in [5.74, 6) is -0.943. The molecule has 8 nitrogen and oxygen atoms in total. The van der Waals surface area contributed by atoms with Crippen LogP contribution in [0.3, 0.4) is 0 Å². The van der Waals surface area contributed by atoms with Crippen LogP contribution < -0.4 is 0 Å². The highest BCUT2D eigenvalue weighted by molar-refractivity contribution is 7.92. The third kappa shape index (κ3) is 8.97. The maximum atomic E-state index is 15.3. The van der Waals surface area contributed by atoms with Gasteiger partial charge in [0.05, 0.1) is 44.7 Å². The SMILES string of the molecule is CCCCCCCCCCCCCCCCCN1C(=O)c2cc(-c3ccc(C#N)cc3)c3c4c(c(-c5ccc(C#N)cc5)cc(c24)C1=O)S(=O)(=O)c1ccc(-c2ccc(C#N)cc2)cc1-3. The molecule has 0 atom stereocenters. The van der Waals surface area contributed by atoms with Crippen molar-refractivity contribution in [1.29, 1.82) is 15.8 Å². The van der Waals surface area contributed by atoms with Gasteiger partial charge in [-0.2, -0.15) is 15.8 Å². The van der Waals surface area contributed by atoms with E-state index >= 15 is 8.42 Å². The highest BCUT2D eigenvalue weighted by Gasteiger charge is 2.42. The first kappa shape index (κ1) is 44.7. The smallest absolute Gasteiger partial charge is 0.261 e. The van der Waals surface area contributed by atoms with Crippen LogP contribution in [0.15, 0.2) is 113 Å². The van der Waals surface area contributed by atoms with Crippen LogP contribution in [0.2, 0.25) is 0 Å². The highest BCUT2D eigenvalue weighted by atomic mass is 32.2. The number of nitriles is 3. The number of fused-ring (bicyclic) bond motifs is 2. The topological polar surface area (TPSA) is 143 Å². The minimum atomic E-state index is -4.31. The zero-order valence-electron chi connectivity index (χ0n) is 37.0. The molecule has 0 bridgehead atoms. The molecular formula is C56H52N4O4S. The average Bonchev–Trinajstić information content (AvgIpc) is 3.34. The van der Waals surface area contributed by atoms with Gasteiger partial charge in [-0.1, -0.05) is 139 Å². The van der Waals surface area contributed by atoms with Gasteiger partial charge in [-0.25, -0.2) is 8.42 Å². The number of hydrogen-bond donors (Lipinski definition) is 0. The largest absolute Gasteiger partial charge is 0.274 e. The monoisotopic (exact) mass is 876 g/mol. The van der Waals surface area contributed by atoms with Gasteiger partial charge in [0, 0.05) is 45.1 Å². The number of carbonyl (C=O) groups is 2. The Balaban J connectivity index is 1.18. The van der Waals surface area contributed by atoms with Crippen LogP contribution in [0.25, 0.3) is 55.3 Å². The van der Waals surface area contributed by atoms with Crippen LogP contribution in [0.1, 0.15) is 141 Å². The van der Waals surface area contributed by atoms with Crippen LogP contribution in [-0.4, -0.2) is 31.7 Å². The fraction of sp³-hybridized carbons (Fsp3) is 0.304. The lowest BCUT2D eigenvalue weighted by Crippen LogP contribution is -2.41. The van der Waals surface area contributed by atoms with E-state index in [9.17, 15) is 25.4 Å². The molecule has 0 aliphatic carbocycles. The highest BCUT2D eigenvalue weighted by Crippen LogP contribution is 2.54. The standard InChI is InChI=1S/C56H52N4O4S/c1-2-3-4-5-6-7-8-9-10-11-12-13-14-15-16-31-60-55(61)48-33-45(42-25-19-39(36-58)20-26-42)51-47-32-44(41-23-17-38(35-57)18-24-41)29-30-50(47)65(63,64)54-46(43-27-21-40(37-59)22-28-43)34-49(56(60)62)52(48)53(51)54/h17-30,32-34H,2-16,31H2,1H3. The van der Waals surface area contributed by atoms with Gasteiger partial charge in [-0.15, -0.1) is 0 Å². The molecular weight excluding hydrogens is 825 g/mol. The van der Waals surface area contributed by atoms with E-state index in [4.69, 9.17) is 0 Å². The Bertz CT molecular complexity index is 3000. The second kappa shape index (κ2) is 19.9.